The summed E-state index contributed by atoms with van der Waals surface area (Å²) < 4.78 is 10.6. The van der Waals surface area contributed by atoms with Crippen LogP contribution in [-0.4, -0.2) is 43.7 Å². The van der Waals surface area contributed by atoms with Gasteiger partial charge in [-0.2, -0.15) is 0 Å². The lowest BCUT2D eigenvalue weighted by atomic mass is 10.0. The van der Waals surface area contributed by atoms with E-state index in [9.17, 15) is 9.90 Å². The predicted octanol–water partition coefficient (Wildman–Crippen LogP) is 3.07. The van der Waals surface area contributed by atoms with Crippen molar-refractivity contribution in [3.63, 3.8) is 0 Å². The van der Waals surface area contributed by atoms with Crippen molar-refractivity contribution < 1.29 is 19.4 Å². The van der Waals surface area contributed by atoms with Crippen LogP contribution >= 0.6 is 0 Å². The van der Waals surface area contributed by atoms with Gasteiger partial charge in [-0.3, -0.25) is 9.69 Å². The molecule has 0 spiro atoms. The Morgan fingerprint density at radius 1 is 1.12 bits per heavy atom. The van der Waals surface area contributed by atoms with Gasteiger partial charge in [0.2, 0.25) is 0 Å². The standard InChI is InChI=1S/C20H25NO4/c1-14(23)16-7-10-20(25-4)17(11-16)12-21(2)19(13-22)15-5-8-18(24-3)9-6-15/h5-11,19,22H,12-13H2,1-4H3. The van der Waals surface area contributed by atoms with E-state index in [1.807, 2.05) is 42.3 Å². The Morgan fingerprint density at radius 2 is 1.80 bits per heavy atom. The van der Waals surface area contributed by atoms with Crippen LogP contribution in [0.15, 0.2) is 42.5 Å². The third-order valence-corrected chi connectivity index (χ3v) is 4.31. The lowest BCUT2D eigenvalue weighted by Gasteiger charge is -2.27. The molecule has 2 aromatic carbocycles. The second-order valence-electron chi connectivity index (χ2n) is 5.97. The van der Waals surface area contributed by atoms with Gasteiger partial charge in [-0.15, -0.1) is 0 Å². The molecule has 0 bridgehead atoms. The first kappa shape index (κ1) is 19.0. The van der Waals surface area contributed by atoms with Crippen LogP contribution in [-0.2, 0) is 6.54 Å². The number of aliphatic hydroxyl groups excluding tert-OH is 1. The molecule has 0 heterocycles. The van der Waals surface area contributed by atoms with Crippen molar-refractivity contribution in [2.45, 2.75) is 19.5 Å². The second-order valence-corrected chi connectivity index (χ2v) is 5.97. The number of ketones is 1. The number of carbonyl (C=O) groups is 1. The van der Waals surface area contributed by atoms with Crippen molar-refractivity contribution in [3.8, 4) is 11.5 Å². The average Bonchev–Trinajstić information content (AvgIpc) is 2.62. The van der Waals surface area contributed by atoms with Crippen molar-refractivity contribution in [1.82, 2.24) is 4.90 Å². The van der Waals surface area contributed by atoms with Gasteiger partial charge in [0.1, 0.15) is 11.5 Å². The molecular formula is C20H25NO4. The molecule has 0 aromatic heterocycles. The first-order chi connectivity index (χ1) is 12.0. The number of nitrogens with zero attached hydrogens (tertiary/aromatic N) is 1. The van der Waals surface area contributed by atoms with Crippen molar-refractivity contribution in [3.05, 3.63) is 59.2 Å². The predicted molar refractivity (Wildman–Crippen MR) is 97.3 cm³/mol. The summed E-state index contributed by atoms with van der Waals surface area (Å²) >= 11 is 0. The lowest BCUT2D eigenvalue weighted by molar-refractivity contribution is 0.101. The average molecular weight is 343 g/mol. The third kappa shape index (κ3) is 4.59. The highest BCUT2D eigenvalue weighted by Crippen LogP contribution is 2.27. The summed E-state index contributed by atoms with van der Waals surface area (Å²) in [6, 6.07) is 12.9. The van der Waals surface area contributed by atoms with Crippen LogP contribution in [0.25, 0.3) is 0 Å². The molecular weight excluding hydrogens is 318 g/mol. The summed E-state index contributed by atoms with van der Waals surface area (Å²) in [6.07, 6.45) is 0. The smallest absolute Gasteiger partial charge is 0.159 e. The molecule has 0 fully saturated rings. The van der Waals surface area contributed by atoms with E-state index in [0.717, 1.165) is 22.6 Å². The number of Topliss-reactive ketones (excluding diaryl/α,β-unsaturated/α-hetero) is 1. The lowest BCUT2D eigenvalue weighted by Crippen LogP contribution is -2.27. The van der Waals surface area contributed by atoms with Gasteiger partial charge in [-0.25, -0.2) is 0 Å². The van der Waals surface area contributed by atoms with Gasteiger partial charge >= 0.3 is 0 Å². The maximum Gasteiger partial charge on any atom is 0.159 e. The summed E-state index contributed by atoms with van der Waals surface area (Å²) in [5.41, 5.74) is 2.55. The molecule has 25 heavy (non-hydrogen) atoms. The van der Waals surface area contributed by atoms with E-state index in [2.05, 4.69) is 0 Å². The van der Waals surface area contributed by atoms with E-state index >= 15 is 0 Å². The normalized spacial score (nSPS) is 12.1. The fraction of sp³-hybridized carbons (Fsp3) is 0.350. The summed E-state index contributed by atoms with van der Waals surface area (Å²) in [4.78, 5) is 13.7. The van der Waals surface area contributed by atoms with E-state index in [4.69, 9.17) is 9.47 Å². The van der Waals surface area contributed by atoms with E-state index in [-0.39, 0.29) is 18.4 Å². The molecule has 5 heteroatoms. The number of carbonyl (C=O) groups excluding carboxylic acids is 1. The molecule has 134 valence electrons. The van der Waals surface area contributed by atoms with Gasteiger partial charge in [0, 0.05) is 17.7 Å². The molecule has 2 aromatic rings. The monoisotopic (exact) mass is 343 g/mol. The van der Waals surface area contributed by atoms with Crippen LogP contribution < -0.4 is 9.47 Å². The van der Waals surface area contributed by atoms with Crippen LogP contribution in [0.2, 0.25) is 0 Å². The Bertz CT molecular complexity index is 712. The second kappa shape index (κ2) is 8.65. The Labute approximate surface area is 148 Å². The van der Waals surface area contributed by atoms with Gasteiger partial charge in [-0.1, -0.05) is 12.1 Å². The third-order valence-electron chi connectivity index (χ3n) is 4.31. The largest absolute Gasteiger partial charge is 0.497 e. The number of benzene rings is 2. The molecule has 0 saturated carbocycles. The molecule has 1 N–H and O–H groups in total. The van der Waals surface area contributed by atoms with Crippen LogP contribution in [0.1, 0.15) is 34.5 Å². The Morgan fingerprint density at radius 3 is 2.32 bits per heavy atom. The Balaban J connectivity index is 2.24. The number of ether oxygens (including phenoxy) is 2. The van der Waals surface area contributed by atoms with E-state index in [0.29, 0.717) is 12.1 Å². The Kier molecular flexibility index (Phi) is 6.56. The molecule has 1 atom stereocenters. The minimum Gasteiger partial charge on any atom is -0.497 e. The molecule has 0 aliphatic heterocycles. The fourth-order valence-corrected chi connectivity index (χ4v) is 2.83. The number of hydrogen-bond donors (Lipinski definition) is 1. The van der Waals surface area contributed by atoms with Crippen molar-refractivity contribution in [2.24, 2.45) is 0 Å². The fourth-order valence-electron chi connectivity index (χ4n) is 2.83. The summed E-state index contributed by atoms with van der Waals surface area (Å²) in [5, 5.41) is 9.87. The van der Waals surface area contributed by atoms with Crippen molar-refractivity contribution >= 4 is 5.78 Å². The highest BCUT2D eigenvalue weighted by molar-refractivity contribution is 5.94. The van der Waals surface area contributed by atoms with Crippen molar-refractivity contribution in [2.75, 3.05) is 27.9 Å². The minimum atomic E-state index is -0.170. The number of likely N-dealkylation sites (N-methyl/N-ethyl adjacent to an activating group) is 1. The first-order valence-electron chi connectivity index (χ1n) is 8.13. The molecule has 2 rings (SSSR count). The van der Waals surface area contributed by atoms with Gasteiger partial charge in [0.25, 0.3) is 0 Å². The molecule has 0 aliphatic rings. The van der Waals surface area contributed by atoms with Crippen LogP contribution in [0.3, 0.4) is 0 Å². The number of rotatable bonds is 8. The zero-order valence-corrected chi connectivity index (χ0v) is 15.2. The zero-order valence-electron chi connectivity index (χ0n) is 15.2. The highest BCUT2D eigenvalue weighted by Gasteiger charge is 2.18. The van der Waals surface area contributed by atoms with Gasteiger partial charge in [0.15, 0.2) is 5.78 Å². The van der Waals surface area contributed by atoms with E-state index in [1.165, 1.54) is 0 Å². The van der Waals surface area contributed by atoms with Gasteiger partial charge < -0.3 is 14.6 Å². The number of aliphatic hydroxyl groups is 1. The minimum absolute atomic E-state index is 0.0143. The summed E-state index contributed by atoms with van der Waals surface area (Å²) in [6.45, 7) is 2.07. The maximum atomic E-state index is 11.6. The molecule has 0 saturated heterocycles. The SMILES string of the molecule is COc1ccc(C(CO)N(C)Cc2cc(C(C)=O)ccc2OC)cc1. The van der Waals surface area contributed by atoms with Gasteiger partial charge in [0.05, 0.1) is 26.9 Å². The summed E-state index contributed by atoms with van der Waals surface area (Å²) in [5.74, 6) is 1.52. The van der Waals surface area contributed by atoms with E-state index in [1.54, 1.807) is 33.3 Å². The number of methoxy groups -OCH3 is 2. The number of hydrogen-bond acceptors (Lipinski definition) is 5. The molecule has 0 amide bonds. The quantitative estimate of drug-likeness (QED) is 0.747. The van der Waals surface area contributed by atoms with Crippen molar-refractivity contribution in [1.29, 1.82) is 0 Å². The first-order valence-corrected chi connectivity index (χ1v) is 8.13. The van der Waals surface area contributed by atoms with E-state index < -0.39 is 0 Å². The Hall–Kier alpha value is -2.37. The van der Waals surface area contributed by atoms with Gasteiger partial charge in [-0.05, 0) is 49.9 Å². The van der Waals surface area contributed by atoms with Crippen LogP contribution in [0.5, 0.6) is 11.5 Å². The highest BCUT2D eigenvalue weighted by atomic mass is 16.5. The maximum absolute atomic E-state index is 11.6. The zero-order chi connectivity index (χ0) is 18.4. The van der Waals surface area contributed by atoms with Crippen LogP contribution in [0.4, 0.5) is 0 Å². The topological polar surface area (TPSA) is 59.0 Å². The van der Waals surface area contributed by atoms with Crippen LogP contribution in [0, 0.1) is 0 Å². The summed E-state index contributed by atoms with van der Waals surface area (Å²) in [7, 11) is 5.17. The molecule has 0 radical (unpaired) electrons. The molecule has 1 unspecified atom stereocenters. The molecule has 5 nitrogen and oxygen atoms in total. The molecule has 0 aliphatic carbocycles.